The van der Waals surface area contributed by atoms with Gasteiger partial charge in [0, 0.05) is 65.8 Å². The third-order valence-corrected chi connectivity index (χ3v) is 18.6. The average Bonchev–Trinajstić information content (AvgIpc) is 4.16. The van der Waals surface area contributed by atoms with Crippen LogP contribution in [0, 0.1) is 6.92 Å². The number of fused-ring (bicyclic) bond motifs is 22. The van der Waals surface area contributed by atoms with Crippen LogP contribution in [0.2, 0.25) is 0 Å². The number of benzene rings is 9. The zero-order valence-electron chi connectivity index (χ0n) is 44.7. The van der Waals surface area contributed by atoms with Gasteiger partial charge in [-0.3, -0.25) is 0 Å². The lowest BCUT2D eigenvalue weighted by molar-refractivity contribution is 0.590. The highest BCUT2D eigenvalue weighted by atomic mass is 16.3. The number of aryl methyl sites for hydroxylation is 1. The molecule has 2 aromatic heterocycles. The predicted molar refractivity (Wildman–Crippen MR) is 309 cm³/mol. The Hall–Kier alpha value is -7.62. The molecule has 0 saturated carbocycles. The molecule has 3 heteroatoms. The van der Waals surface area contributed by atoms with E-state index in [4.69, 9.17) is 8.83 Å². The molecule has 11 aromatic rings. The fraction of sp³-hybridized carbons (Fsp3) is 0.239. The number of anilines is 3. The van der Waals surface area contributed by atoms with Gasteiger partial charge in [0.1, 0.15) is 22.3 Å². The first-order chi connectivity index (χ1) is 35.3. The molecular formula is C71H61NO2. The second kappa shape index (κ2) is 13.9. The van der Waals surface area contributed by atoms with E-state index in [1.807, 2.05) is 0 Å². The Morgan fingerprint density at radius 1 is 0.392 bits per heavy atom. The molecule has 0 spiro atoms. The van der Waals surface area contributed by atoms with Gasteiger partial charge in [0.2, 0.25) is 0 Å². The van der Waals surface area contributed by atoms with Crippen LogP contribution in [0.5, 0.6) is 0 Å². The summed E-state index contributed by atoms with van der Waals surface area (Å²) < 4.78 is 13.5. The number of para-hydroxylation sites is 2. The van der Waals surface area contributed by atoms with Crippen LogP contribution in [-0.4, -0.2) is 0 Å². The zero-order valence-corrected chi connectivity index (χ0v) is 44.7. The highest BCUT2D eigenvalue weighted by Crippen LogP contribution is 2.64. The summed E-state index contributed by atoms with van der Waals surface area (Å²) >= 11 is 0. The van der Waals surface area contributed by atoms with Gasteiger partial charge in [0.05, 0.1) is 0 Å². The fourth-order valence-corrected chi connectivity index (χ4v) is 14.9. The first-order valence-electron chi connectivity index (χ1n) is 26.7. The van der Waals surface area contributed by atoms with Crippen molar-refractivity contribution in [3.8, 4) is 44.5 Å². The Labute approximate surface area is 434 Å². The number of nitrogens with zero attached hydrogens (tertiary/aromatic N) is 1. The fourth-order valence-electron chi connectivity index (χ4n) is 14.9. The number of hydrogen-bond acceptors (Lipinski definition) is 3. The lowest BCUT2D eigenvalue weighted by atomic mass is 9.72. The summed E-state index contributed by atoms with van der Waals surface area (Å²) in [5, 5.41) is 4.82. The molecule has 2 heterocycles. The van der Waals surface area contributed by atoms with Gasteiger partial charge in [0.25, 0.3) is 0 Å². The van der Waals surface area contributed by atoms with Crippen LogP contribution in [0.15, 0.2) is 160 Å². The Kier molecular flexibility index (Phi) is 8.28. The smallest absolute Gasteiger partial charge is 0.144 e. The van der Waals surface area contributed by atoms with Crippen molar-refractivity contribution in [3.05, 3.63) is 207 Å². The predicted octanol–water partition coefficient (Wildman–Crippen LogP) is 19.8. The van der Waals surface area contributed by atoms with Crippen molar-refractivity contribution < 1.29 is 8.83 Å². The number of hydrogen-bond donors (Lipinski definition) is 0. The Morgan fingerprint density at radius 3 is 1.68 bits per heavy atom. The van der Waals surface area contributed by atoms with Crippen molar-refractivity contribution in [2.24, 2.45) is 0 Å². The zero-order chi connectivity index (χ0) is 50.9. The van der Waals surface area contributed by atoms with Gasteiger partial charge in [-0.25, -0.2) is 0 Å². The largest absolute Gasteiger partial charge is 0.456 e. The van der Waals surface area contributed by atoms with E-state index in [9.17, 15) is 0 Å². The molecule has 15 rings (SSSR count). The van der Waals surface area contributed by atoms with Crippen LogP contribution in [0.4, 0.5) is 17.1 Å². The topological polar surface area (TPSA) is 29.5 Å². The van der Waals surface area contributed by atoms with Crippen molar-refractivity contribution in [2.75, 3.05) is 4.90 Å². The monoisotopic (exact) mass is 959 g/mol. The van der Waals surface area contributed by atoms with E-state index in [-0.39, 0.29) is 27.1 Å². The standard InChI is InChI=1S/C71H61NO2/c1-38-25-31-55(54(33-38)67(2,3)4)72(39-26-28-41-46-36-53-47(37-52(46)69(7,8)50(41)34-39)59-49(68(53,5)6)30-32-58-60(59)44-20-14-17-23-56(44)73-58)40-27-29-43-51(35-40)71(11,12)64-61(43)62-45-21-15-18-24-57(45)74-66(62)63-42-19-13-16-22-48(42)70(9,10)65(63)64/h13-37H,1-12H3. The molecule has 4 aliphatic rings. The summed E-state index contributed by atoms with van der Waals surface area (Å²) in [6.07, 6.45) is 0. The normalized spacial score (nSPS) is 16.5. The molecule has 4 aliphatic carbocycles. The summed E-state index contributed by atoms with van der Waals surface area (Å²) in [5.74, 6) is 0. The van der Waals surface area contributed by atoms with Crippen LogP contribution in [0.1, 0.15) is 132 Å². The lowest BCUT2D eigenvalue weighted by Gasteiger charge is -2.34. The van der Waals surface area contributed by atoms with Crippen molar-refractivity contribution in [1.82, 2.24) is 0 Å². The van der Waals surface area contributed by atoms with Crippen molar-refractivity contribution in [1.29, 1.82) is 0 Å². The second-order valence-corrected chi connectivity index (χ2v) is 25.3. The van der Waals surface area contributed by atoms with Crippen molar-refractivity contribution in [3.63, 3.8) is 0 Å². The first-order valence-corrected chi connectivity index (χ1v) is 26.7. The summed E-state index contributed by atoms with van der Waals surface area (Å²) in [6, 6.07) is 57.6. The highest BCUT2D eigenvalue weighted by Gasteiger charge is 2.49. The average molecular weight is 960 g/mol. The number of furan rings is 2. The first kappa shape index (κ1) is 43.9. The molecule has 74 heavy (non-hydrogen) atoms. The molecule has 0 amide bonds. The molecule has 9 aromatic carbocycles. The molecule has 0 unspecified atom stereocenters. The maximum absolute atomic E-state index is 7.03. The number of rotatable bonds is 3. The van der Waals surface area contributed by atoms with Gasteiger partial charge < -0.3 is 13.7 Å². The van der Waals surface area contributed by atoms with Crippen LogP contribution in [0.3, 0.4) is 0 Å². The molecule has 0 atom stereocenters. The third-order valence-electron chi connectivity index (χ3n) is 18.6. The van der Waals surface area contributed by atoms with Gasteiger partial charge in [-0.15, -0.1) is 0 Å². The van der Waals surface area contributed by atoms with E-state index in [0.29, 0.717) is 0 Å². The van der Waals surface area contributed by atoms with Gasteiger partial charge in [-0.1, -0.05) is 173 Å². The SMILES string of the molecule is Cc1ccc(N(c2ccc3c(c2)C(C)(C)c2cc4c(cc2-3)C(C)(C)c2ccc3oc5ccccc5c3c2-4)c2ccc3c(c2)C(C)(C)c2c4c(c5oc6ccccc6c5c2-3)-c2ccccc2C4(C)C)c(C(C)(C)C)c1. The Bertz CT molecular complexity index is 4360. The summed E-state index contributed by atoms with van der Waals surface area (Å²) in [6.45, 7) is 28.8. The van der Waals surface area contributed by atoms with E-state index >= 15 is 0 Å². The Morgan fingerprint density at radius 2 is 0.946 bits per heavy atom. The van der Waals surface area contributed by atoms with Crippen LogP contribution in [-0.2, 0) is 27.1 Å². The molecule has 0 fully saturated rings. The van der Waals surface area contributed by atoms with Crippen LogP contribution >= 0.6 is 0 Å². The molecule has 3 nitrogen and oxygen atoms in total. The Balaban J connectivity index is 0.939. The lowest BCUT2D eigenvalue weighted by Crippen LogP contribution is -2.24. The maximum atomic E-state index is 7.03. The van der Waals surface area contributed by atoms with Gasteiger partial charge >= 0.3 is 0 Å². The van der Waals surface area contributed by atoms with E-state index in [0.717, 1.165) is 33.7 Å². The van der Waals surface area contributed by atoms with Crippen LogP contribution < -0.4 is 4.90 Å². The van der Waals surface area contributed by atoms with E-state index in [2.05, 4.69) is 240 Å². The van der Waals surface area contributed by atoms with Crippen LogP contribution in [0.25, 0.3) is 88.4 Å². The van der Waals surface area contributed by atoms with Gasteiger partial charge in [-0.2, -0.15) is 0 Å². The highest BCUT2D eigenvalue weighted by molar-refractivity contribution is 6.21. The molecule has 0 N–H and O–H groups in total. The second-order valence-electron chi connectivity index (χ2n) is 25.3. The maximum Gasteiger partial charge on any atom is 0.144 e. The third kappa shape index (κ3) is 5.37. The molecular weight excluding hydrogens is 899 g/mol. The van der Waals surface area contributed by atoms with Gasteiger partial charge in [0.15, 0.2) is 0 Å². The summed E-state index contributed by atoms with van der Waals surface area (Å²) in [4.78, 5) is 2.58. The molecule has 0 saturated heterocycles. The van der Waals surface area contributed by atoms with E-state index in [1.54, 1.807) is 0 Å². The van der Waals surface area contributed by atoms with Crippen molar-refractivity contribution >= 4 is 60.9 Å². The molecule has 0 bridgehead atoms. The minimum Gasteiger partial charge on any atom is -0.456 e. The van der Waals surface area contributed by atoms with E-state index in [1.165, 1.54) is 127 Å². The van der Waals surface area contributed by atoms with E-state index < -0.39 is 0 Å². The van der Waals surface area contributed by atoms with Crippen molar-refractivity contribution in [2.45, 2.75) is 110 Å². The molecule has 362 valence electrons. The minimum atomic E-state index is -0.328. The molecule has 0 aliphatic heterocycles. The van der Waals surface area contributed by atoms with Gasteiger partial charge in [-0.05, 0) is 162 Å². The minimum absolute atomic E-state index is 0.122. The summed E-state index contributed by atoms with van der Waals surface area (Å²) in [7, 11) is 0. The molecule has 0 radical (unpaired) electrons. The summed E-state index contributed by atoms with van der Waals surface area (Å²) in [5.41, 5.74) is 30.3. The quantitative estimate of drug-likeness (QED) is 0.177.